The summed E-state index contributed by atoms with van der Waals surface area (Å²) in [6.07, 6.45) is -1.38. The monoisotopic (exact) mass is 232 g/mol. The van der Waals surface area contributed by atoms with Crippen LogP contribution in [-0.4, -0.2) is 34.5 Å². The van der Waals surface area contributed by atoms with Gasteiger partial charge in [-0.25, -0.2) is 0 Å². The Morgan fingerprint density at radius 1 is 1.41 bits per heavy atom. The van der Waals surface area contributed by atoms with Crippen LogP contribution in [0.3, 0.4) is 0 Å². The van der Waals surface area contributed by atoms with Crippen molar-refractivity contribution >= 4 is 17.5 Å². The normalized spacial score (nSPS) is 15.9. The number of hydrogen-bond acceptors (Lipinski definition) is 3. The Kier molecular flexibility index (Phi) is 2.69. The summed E-state index contributed by atoms with van der Waals surface area (Å²) in [5, 5.41) is 9.39. The lowest BCUT2D eigenvalue weighted by Gasteiger charge is -2.19. The largest absolute Gasteiger partial charge is 0.381 e. The first-order valence-electron chi connectivity index (χ1n) is 5.10. The number of aliphatic hydroxyl groups excluding tert-OH is 1. The summed E-state index contributed by atoms with van der Waals surface area (Å²) >= 11 is 0. The van der Waals surface area contributed by atoms with Crippen molar-refractivity contribution in [2.45, 2.75) is 6.10 Å². The minimum Gasteiger partial charge on any atom is -0.381 e. The minimum atomic E-state index is -1.38. The zero-order valence-corrected chi connectivity index (χ0v) is 9.09. The third-order valence-corrected chi connectivity index (χ3v) is 2.72. The average Bonchev–Trinajstić information content (AvgIpc) is 2.55. The van der Waals surface area contributed by atoms with E-state index >= 15 is 0 Å². The molecule has 0 radical (unpaired) electrons. The molecule has 0 aliphatic carbocycles. The summed E-state index contributed by atoms with van der Waals surface area (Å²) in [6, 6.07) is 7.00. The first-order chi connectivity index (χ1) is 8.02. The topological polar surface area (TPSA) is 83.6 Å². The minimum absolute atomic E-state index is 0.165. The van der Waals surface area contributed by atoms with Gasteiger partial charge in [-0.15, -0.1) is 0 Å². The van der Waals surface area contributed by atoms with Crippen molar-refractivity contribution in [2.75, 3.05) is 6.54 Å². The molecule has 0 saturated heterocycles. The fourth-order valence-corrected chi connectivity index (χ4v) is 1.79. The second kappa shape index (κ2) is 4.03. The lowest BCUT2D eigenvalue weighted by atomic mass is 10.1. The molecule has 0 saturated carbocycles. The third-order valence-electron chi connectivity index (χ3n) is 2.72. The van der Waals surface area contributed by atoms with Crippen LogP contribution in [0.2, 0.25) is 0 Å². The summed E-state index contributed by atoms with van der Waals surface area (Å²) in [7, 11) is 0. The van der Waals surface area contributed by atoms with Gasteiger partial charge in [0.05, 0.1) is 6.54 Å². The number of β-amino-alcohol motifs (C(OH)–C–C–N with tert-alkyl or cyclic N) is 1. The Morgan fingerprint density at radius 3 is 2.53 bits per heavy atom. The lowest BCUT2D eigenvalue weighted by molar-refractivity contribution is -0.126. The van der Waals surface area contributed by atoms with Crippen molar-refractivity contribution in [2.24, 2.45) is 5.73 Å². The van der Waals surface area contributed by atoms with Gasteiger partial charge in [0, 0.05) is 16.8 Å². The maximum absolute atomic E-state index is 12.0. The Labute approximate surface area is 98.1 Å². The summed E-state index contributed by atoms with van der Waals surface area (Å²) in [5.74, 6) is -1.13. The molecule has 0 aromatic heterocycles. The van der Waals surface area contributed by atoms with Crippen LogP contribution >= 0.6 is 0 Å². The predicted molar refractivity (Wildman–Crippen MR) is 61.7 cm³/mol. The lowest BCUT2D eigenvalue weighted by Crippen LogP contribution is -2.39. The fourth-order valence-electron chi connectivity index (χ4n) is 1.79. The van der Waals surface area contributed by atoms with E-state index in [0.717, 1.165) is 0 Å². The third kappa shape index (κ3) is 1.81. The quantitative estimate of drug-likeness (QED) is 0.767. The van der Waals surface area contributed by atoms with Gasteiger partial charge in [0.1, 0.15) is 6.10 Å². The van der Waals surface area contributed by atoms with Crippen molar-refractivity contribution in [3.8, 4) is 0 Å². The number of rotatable bonds is 3. The Hall–Kier alpha value is -2.14. The summed E-state index contributed by atoms with van der Waals surface area (Å²) in [6.45, 7) is 3.62. The molecule has 0 fully saturated rings. The highest BCUT2D eigenvalue weighted by Gasteiger charge is 2.32. The van der Waals surface area contributed by atoms with E-state index in [2.05, 4.69) is 6.58 Å². The van der Waals surface area contributed by atoms with Crippen LogP contribution in [0.1, 0.15) is 15.9 Å². The second-order valence-corrected chi connectivity index (χ2v) is 3.83. The number of aliphatic hydroxyl groups is 1. The predicted octanol–water partition coefficient (Wildman–Crippen LogP) is -0.0407. The van der Waals surface area contributed by atoms with E-state index in [1.165, 1.54) is 4.90 Å². The zero-order valence-electron chi connectivity index (χ0n) is 9.09. The molecule has 1 heterocycles. The van der Waals surface area contributed by atoms with Gasteiger partial charge < -0.3 is 15.7 Å². The molecular weight excluding hydrogens is 220 g/mol. The first kappa shape index (κ1) is 11.3. The highest BCUT2D eigenvalue weighted by Crippen LogP contribution is 2.30. The molecule has 5 heteroatoms. The number of carbonyl (C=O) groups is 2. The number of carbonyl (C=O) groups excluding carboxylic acids is 2. The number of nitrogens with zero attached hydrogens (tertiary/aromatic N) is 1. The highest BCUT2D eigenvalue weighted by molar-refractivity contribution is 6.09. The van der Waals surface area contributed by atoms with Crippen molar-refractivity contribution < 1.29 is 14.7 Å². The van der Waals surface area contributed by atoms with E-state index in [4.69, 9.17) is 5.73 Å². The molecule has 1 aromatic carbocycles. The molecule has 1 atom stereocenters. The Balaban J connectivity index is 2.27. The number of primary amides is 1. The van der Waals surface area contributed by atoms with E-state index in [9.17, 15) is 14.7 Å². The van der Waals surface area contributed by atoms with Crippen molar-refractivity contribution in [1.82, 2.24) is 4.90 Å². The smallest absolute Gasteiger partial charge is 0.259 e. The van der Waals surface area contributed by atoms with E-state index in [1.54, 1.807) is 24.3 Å². The van der Waals surface area contributed by atoms with Gasteiger partial charge in [0.15, 0.2) is 0 Å². The zero-order chi connectivity index (χ0) is 12.6. The molecule has 17 heavy (non-hydrogen) atoms. The number of amides is 2. The van der Waals surface area contributed by atoms with E-state index in [1.807, 2.05) is 0 Å². The molecular formula is C12H12N2O3. The second-order valence-electron chi connectivity index (χ2n) is 3.83. The van der Waals surface area contributed by atoms with Gasteiger partial charge in [0.25, 0.3) is 5.91 Å². The van der Waals surface area contributed by atoms with Crippen molar-refractivity contribution in [1.29, 1.82) is 0 Å². The van der Waals surface area contributed by atoms with Crippen LogP contribution < -0.4 is 5.73 Å². The van der Waals surface area contributed by atoms with Crippen LogP contribution in [0.25, 0.3) is 5.70 Å². The molecule has 88 valence electrons. The number of hydrogen-bond donors (Lipinski definition) is 2. The van der Waals surface area contributed by atoms with Crippen LogP contribution in [0, 0.1) is 0 Å². The fraction of sp³-hybridized carbons (Fsp3) is 0.167. The van der Waals surface area contributed by atoms with Crippen molar-refractivity contribution in [3.63, 3.8) is 0 Å². The van der Waals surface area contributed by atoms with E-state index in [-0.39, 0.29) is 12.5 Å². The molecule has 3 N–H and O–H groups in total. The Bertz CT molecular complexity index is 475. The number of nitrogens with two attached hydrogens (primary N) is 1. The number of benzene rings is 1. The summed E-state index contributed by atoms with van der Waals surface area (Å²) < 4.78 is 0. The van der Waals surface area contributed by atoms with Crippen LogP contribution in [0.4, 0.5) is 0 Å². The van der Waals surface area contributed by atoms with Gasteiger partial charge in [-0.05, 0) is 6.07 Å². The van der Waals surface area contributed by atoms with Crippen LogP contribution in [0.5, 0.6) is 0 Å². The van der Waals surface area contributed by atoms with Gasteiger partial charge >= 0.3 is 0 Å². The van der Waals surface area contributed by atoms with Crippen molar-refractivity contribution in [3.05, 3.63) is 42.0 Å². The molecule has 0 bridgehead atoms. The molecule has 1 aliphatic rings. The summed E-state index contributed by atoms with van der Waals surface area (Å²) in [5.41, 5.74) is 6.67. The van der Waals surface area contributed by atoms with E-state index < -0.39 is 12.0 Å². The van der Waals surface area contributed by atoms with Crippen LogP contribution in [0.15, 0.2) is 30.8 Å². The molecule has 1 unspecified atom stereocenters. The molecule has 5 nitrogen and oxygen atoms in total. The van der Waals surface area contributed by atoms with E-state index in [0.29, 0.717) is 16.8 Å². The van der Waals surface area contributed by atoms with Gasteiger partial charge in [-0.3, -0.25) is 9.59 Å². The first-order valence-corrected chi connectivity index (χ1v) is 5.10. The number of fused-ring (bicyclic) bond motifs is 1. The maximum atomic E-state index is 12.0. The Morgan fingerprint density at radius 2 is 2.00 bits per heavy atom. The van der Waals surface area contributed by atoms with Gasteiger partial charge in [-0.2, -0.15) is 0 Å². The molecule has 2 amide bonds. The standard InChI is InChI=1S/C12H12N2O3/c1-7-8-4-2-3-5-9(8)12(17)14(7)6-10(15)11(13)16/h2-5,10,15H,1,6H2,(H2,13,16). The SMILES string of the molecule is C=C1c2ccccc2C(=O)N1CC(O)C(N)=O. The molecule has 1 aromatic rings. The molecule has 0 spiro atoms. The highest BCUT2D eigenvalue weighted by atomic mass is 16.3. The van der Waals surface area contributed by atoms with Gasteiger partial charge in [0.2, 0.25) is 5.91 Å². The van der Waals surface area contributed by atoms with Crippen LogP contribution in [-0.2, 0) is 4.79 Å². The van der Waals surface area contributed by atoms with Gasteiger partial charge in [-0.1, -0.05) is 24.8 Å². The maximum Gasteiger partial charge on any atom is 0.259 e. The average molecular weight is 232 g/mol. The molecule has 2 rings (SSSR count). The summed E-state index contributed by atoms with van der Waals surface area (Å²) in [4.78, 5) is 24.0. The molecule has 1 aliphatic heterocycles.